The van der Waals surface area contributed by atoms with E-state index >= 15 is 0 Å². The second-order valence-corrected chi connectivity index (χ2v) is 16.7. The van der Waals surface area contributed by atoms with Crippen LogP contribution in [0.1, 0.15) is 85.7 Å². The van der Waals surface area contributed by atoms with Gasteiger partial charge in [0.25, 0.3) is 5.91 Å². The van der Waals surface area contributed by atoms with Crippen molar-refractivity contribution in [2.24, 2.45) is 0 Å². The summed E-state index contributed by atoms with van der Waals surface area (Å²) in [7, 11) is 1.55. The lowest BCUT2D eigenvalue weighted by Gasteiger charge is -2.40. The molecule has 1 saturated heterocycles. The first-order valence-electron chi connectivity index (χ1n) is 14.1. The van der Waals surface area contributed by atoms with Gasteiger partial charge in [0.05, 0.1) is 6.61 Å². The molecule has 1 fully saturated rings. The van der Waals surface area contributed by atoms with Gasteiger partial charge in [-0.2, -0.15) is 5.26 Å². The molecule has 0 saturated carbocycles. The van der Waals surface area contributed by atoms with E-state index in [-0.39, 0.29) is 24.2 Å². The van der Waals surface area contributed by atoms with Crippen LogP contribution < -0.4 is 5.32 Å². The topological polar surface area (TPSA) is 83.2 Å². The molecule has 0 bridgehead atoms. The zero-order valence-electron chi connectivity index (χ0n) is 24.5. The van der Waals surface area contributed by atoms with Crippen LogP contribution in [-0.2, 0) is 11.5 Å². The molecular weight excluding hydrogens is 506 g/mol. The van der Waals surface area contributed by atoms with Gasteiger partial charge in [-0.25, -0.2) is 15.0 Å². The van der Waals surface area contributed by atoms with Gasteiger partial charge in [0.15, 0.2) is 5.69 Å². The van der Waals surface area contributed by atoms with Crippen LogP contribution in [0.25, 0.3) is 5.57 Å². The molecule has 1 aromatic heterocycles. The molecule has 2 aliphatic rings. The zero-order valence-corrected chi connectivity index (χ0v) is 25.3. The lowest BCUT2D eigenvalue weighted by molar-refractivity contribution is 0.0826. The van der Waals surface area contributed by atoms with Crippen LogP contribution in [0.4, 0.5) is 5.69 Å². The van der Waals surface area contributed by atoms with Crippen LogP contribution in [-0.4, -0.2) is 70.6 Å². The minimum atomic E-state index is -0.671. The maximum atomic E-state index is 13.5. The number of ether oxygens (including phenoxy) is 1. The molecule has 1 aliphatic heterocycles. The van der Waals surface area contributed by atoms with Gasteiger partial charge in [0.1, 0.15) is 12.8 Å². The summed E-state index contributed by atoms with van der Waals surface area (Å²) in [4.78, 5) is 20.3. The molecule has 2 atom stereocenters. The van der Waals surface area contributed by atoms with E-state index < -0.39 is 10.0 Å². The van der Waals surface area contributed by atoms with E-state index in [0.29, 0.717) is 24.6 Å². The number of amides is 1. The number of anilines is 1. The first-order chi connectivity index (χ1) is 18.6. The molecule has 8 heteroatoms. The summed E-state index contributed by atoms with van der Waals surface area (Å²) in [5, 5.41) is 12.6. The van der Waals surface area contributed by atoms with E-state index in [1.165, 1.54) is 17.6 Å². The second-order valence-electron chi connectivity index (χ2n) is 12.1. The number of allylic oxidation sites excluding steroid dienone is 2. The third-order valence-corrected chi connectivity index (χ3v) is 9.60. The number of likely N-dealkylation sites (tertiary alicyclic amines) is 1. The second kappa shape index (κ2) is 12.7. The first kappa shape index (κ1) is 29.4. The van der Waals surface area contributed by atoms with Crippen LogP contribution in [0, 0.1) is 11.3 Å². The Morgan fingerprint density at radius 3 is 2.59 bits per heavy atom. The third kappa shape index (κ3) is 7.53. The van der Waals surface area contributed by atoms with Crippen molar-refractivity contribution in [1.82, 2.24) is 14.5 Å². The fourth-order valence-corrected chi connectivity index (χ4v) is 6.25. The van der Waals surface area contributed by atoms with E-state index in [9.17, 15) is 10.1 Å². The molecule has 0 spiro atoms. The van der Waals surface area contributed by atoms with E-state index in [1.807, 2.05) is 0 Å². The minimum Gasteiger partial charge on any atom is -0.360 e. The van der Waals surface area contributed by atoms with Gasteiger partial charge in [0, 0.05) is 35.3 Å². The molecule has 4 rings (SSSR count). The van der Waals surface area contributed by atoms with Gasteiger partial charge < -0.3 is 19.5 Å². The molecule has 2 heterocycles. The van der Waals surface area contributed by atoms with Gasteiger partial charge in [-0.1, -0.05) is 12.1 Å². The monoisotopic (exact) mass is 551 g/mol. The van der Waals surface area contributed by atoms with E-state index in [4.69, 9.17) is 4.74 Å². The number of imidazole rings is 1. The maximum Gasteiger partial charge on any atom is 0.291 e. The molecule has 1 aromatic carbocycles. The van der Waals surface area contributed by atoms with E-state index in [2.05, 4.69) is 85.2 Å². The number of piperidine rings is 1. The highest BCUT2D eigenvalue weighted by atomic mass is 32.3. The van der Waals surface area contributed by atoms with Gasteiger partial charge in [-0.3, -0.25) is 4.79 Å². The lowest BCUT2D eigenvalue weighted by Crippen LogP contribution is -2.43. The molecule has 0 radical (unpaired) electrons. The molecule has 1 N–H and O–H groups in total. The number of nitriles is 1. The van der Waals surface area contributed by atoms with Crippen LogP contribution in [0.15, 0.2) is 30.5 Å². The normalized spacial score (nSPS) is 22.7. The van der Waals surface area contributed by atoms with Gasteiger partial charge >= 0.3 is 0 Å². The number of carbonyl (C=O) groups excluding carboxylic acids is 1. The van der Waals surface area contributed by atoms with Crippen LogP contribution >= 0.6 is 10.0 Å². The fraction of sp³-hybridized carbons (Fsp3) is 0.581. The number of benzene rings is 1. The molecule has 7 nitrogen and oxygen atoms in total. The molecule has 2 aromatic rings. The standard InChI is InChI=1S/C31H45N5O2S/c1-22-16-26(17-23(2)35(22)3)25-12-13-29(28(18-25)24-10-8-7-9-11-24)34-31(37)30-33-27(19-32)20-36(30)21-38-14-15-39(4,5)6/h10,12-13,18,20,22-23,26H,7-9,11,14-17,21H2,1-6H3,(H,34,37). The van der Waals surface area contributed by atoms with Crippen molar-refractivity contribution in [2.45, 2.75) is 77.1 Å². The summed E-state index contributed by atoms with van der Waals surface area (Å²) < 4.78 is 7.50. The molecular formula is C31H45N5O2S. The first-order valence-corrected chi connectivity index (χ1v) is 17.2. The Labute approximate surface area is 235 Å². The Balaban J connectivity index is 1.58. The quantitative estimate of drug-likeness (QED) is 0.374. The summed E-state index contributed by atoms with van der Waals surface area (Å²) in [5.74, 6) is 1.35. The number of hydrogen-bond donors (Lipinski definition) is 1. The Morgan fingerprint density at radius 2 is 1.95 bits per heavy atom. The Kier molecular flexibility index (Phi) is 9.58. The maximum absolute atomic E-state index is 13.5. The largest absolute Gasteiger partial charge is 0.360 e. The smallest absolute Gasteiger partial charge is 0.291 e. The molecule has 2 unspecified atom stereocenters. The highest BCUT2D eigenvalue weighted by Gasteiger charge is 2.30. The van der Waals surface area contributed by atoms with E-state index in [0.717, 1.165) is 49.1 Å². The van der Waals surface area contributed by atoms with Crippen LogP contribution in [0.5, 0.6) is 0 Å². The number of carbonyl (C=O) groups is 1. The lowest BCUT2D eigenvalue weighted by atomic mass is 9.81. The average Bonchev–Trinajstić information content (AvgIpc) is 3.33. The fourth-order valence-electron chi connectivity index (χ4n) is 5.63. The number of aromatic nitrogens is 2. The SMILES string of the molecule is CC1CC(c2ccc(NC(=O)c3nc(C#N)cn3COCCS(C)(C)C)c(C3=CCCCC3)c2)CC(C)N1C. The minimum absolute atomic E-state index is 0.191. The van der Waals surface area contributed by atoms with Gasteiger partial charge in [0.2, 0.25) is 5.82 Å². The van der Waals surface area contributed by atoms with Crippen LogP contribution in [0.2, 0.25) is 0 Å². The highest BCUT2D eigenvalue weighted by Crippen LogP contribution is 2.39. The Bertz CT molecular complexity index is 1230. The summed E-state index contributed by atoms with van der Waals surface area (Å²) in [6, 6.07) is 9.70. The van der Waals surface area contributed by atoms with Crippen molar-refractivity contribution in [3.05, 3.63) is 53.1 Å². The highest BCUT2D eigenvalue weighted by molar-refractivity contribution is 8.32. The number of hydrogen-bond acceptors (Lipinski definition) is 5. The summed E-state index contributed by atoms with van der Waals surface area (Å²) in [6.45, 7) is 5.42. The molecule has 39 heavy (non-hydrogen) atoms. The van der Waals surface area contributed by atoms with Crippen molar-refractivity contribution in [3.8, 4) is 6.07 Å². The zero-order chi connectivity index (χ0) is 28.2. The molecule has 212 valence electrons. The van der Waals surface area contributed by atoms with Crippen molar-refractivity contribution in [2.75, 3.05) is 43.5 Å². The average molecular weight is 552 g/mol. The summed E-state index contributed by atoms with van der Waals surface area (Å²) in [5.41, 5.74) is 4.78. The number of nitrogens with zero attached hydrogens (tertiary/aromatic N) is 4. The van der Waals surface area contributed by atoms with Crippen LogP contribution in [0.3, 0.4) is 0 Å². The number of rotatable bonds is 9. The van der Waals surface area contributed by atoms with Crippen molar-refractivity contribution in [3.63, 3.8) is 0 Å². The Morgan fingerprint density at radius 1 is 1.21 bits per heavy atom. The third-order valence-electron chi connectivity index (χ3n) is 8.21. The molecule has 1 aliphatic carbocycles. The van der Waals surface area contributed by atoms with Crippen molar-refractivity contribution >= 4 is 27.2 Å². The number of nitrogens with one attached hydrogen (secondary N) is 1. The summed E-state index contributed by atoms with van der Waals surface area (Å²) in [6.07, 6.45) is 17.4. The predicted molar refractivity (Wildman–Crippen MR) is 163 cm³/mol. The van der Waals surface area contributed by atoms with E-state index in [1.54, 1.807) is 10.8 Å². The van der Waals surface area contributed by atoms with Crippen molar-refractivity contribution < 1.29 is 9.53 Å². The Hall–Kier alpha value is -2.60. The van der Waals surface area contributed by atoms with Gasteiger partial charge in [-0.05, 0) is 107 Å². The van der Waals surface area contributed by atoms with Crippen molar-refractivity contribution in [1.29, 1.82) is 5.26 Å². The summed E-state index contributed by atoms with van der Waals surface area (Å²) >= 11 is 0. The predicted octanol–water partition coefficient (Wildman–Crippen LogP) is 6.22. The molecule has 1 amide bonds. The van der Waals surface area contributed by atoms with Gasteiger partial charge in [-0.15, -0.1) is 0 Å².